The van der Waals surface area contributed by atoms with Gasteiger partial charge in [0.1, 0.15) is 23.3 Å². The number of hydrogen-bond acceptors (Lipinski definition) is 6. The number of nitrogens with zero attached hydrogens (tertiary/aromatic N) is 3. The Morgan fingerprint density at radius 1 is 1.23 bits per heavy atom. The average Bonchev–Trinajstić information content (AvgIpc) is 3.49. The van der Waals surface area contributed by atoms with Gasteiger partial charge in [0.25, 0.3) is 5.91 Å². The van der Waals surface area contributed by atoms with E-state index in [-0.39, 0.29) is 24.6 Å². The number of primary amides is 1. The Kier molecular flexibility index (Phi) is 5.85. The molecule has 9 heteroatoms. The molecule has 2 N–H and O–H groups in total. The zero-order chi connectivity index (χ0) is 22.0. The van der Waals surface area contributed by atoms with Crippen LogP contribution in [0, 0.1) is 12.7 Å². The molecular weight excluding hydrogens is 419 g/mol. The summed E-state index contributed by atoms with van der Waals surface area (Å²) in [6.07, 6.45) is 1.63. The van der Waals surface area contributed by atoms with Crippen molar-refractivity contribution in [2.45, 2.75) is 32.5 Å². The Hall–Kier alpha value is -3.46. The molecule has 0 radical (unpaired) electrons. The van der Waals surface area contributed by atoms with Crippen LogP contribution in [0.25, 0.3) is 0 Å². The smallest absolute Gasteiger partial charge is 0.270 e. The number of carbonyl (C=O) groups excluding carboxylic acids is 2. The second-order valence-corrected chi connectivity index (χ2v) is 8.62. The van der Waals surface area contributed by atoms with E-state index in [1.165, 1.54) is 29.3 Å². The van der Waals surface area contributed by atoms with Crippen LogP contribution in [0.2, 0.25) is 0 Å². The number of nitrogens with two attached hydrogens (primary N) is 1. The third-order valence-electron chi connectivity index (χ3n) is 4.93. The largest absolute Gasteiger partial charge is 0.467 e. The summed E-state index contributed by atoms with van der Waals surface area (Å²) in [7, 11) is 0. The Balaban J connectivity index is 1.62. The zero-order valence-electron chi connectivity index (χ0n) is 16.8. The minimum Gasteiger partial charge on any atom is -0.467 e. The number of furan rings is 1. The van der Waals surface area contributed by atoms with Gasteiger partial charge in [0, 0.05) is 16.2 Å². The van der Waals surface area contributed by atoms with Crippen LogP contribution >= 0.6 is 11.3 Å². The summed E-state index contributed by atoms with van der Waals surface area (Å²) in [5.41, 5.74) is 6.26. The molecule has 0 saturated heterocycles. The van der Waals surface area contributed by atoms with Gasteiger partial charge in [-0.25, -0.2) is 4.39 Å². The Morgan fingerprint density at radius 3 is 2.61 bits per heavy atom. The highest BCUT2D eigenvalue weighted by Gasteiger charge is 2.36. The molecule has 31 heavy (non-hydrogen) atoms. The van der Waals surface area contributed by atoms with Gasteiger partial charge in [-0.15, -0.1) is 11.3 Å². The number of anilines is 1. The van der Waals surface area contributed by atoms with Crippen LogP contribution in [0.5, 0.6) is 0 Å². The number of hydrazone groups is 1. The Bertz CT molecular complexity index is 1110. The van der Waals surface area contributed by atoms with Crippen molar-refractivity contribution in [2.75, 3.05) is 5.01 Å². The number of hydrogen-bond donors (Lipinski definition) is 1. The molecule has 2 aromatic heterocycles. The first kappa shape index (κ1) is 20.8. The van der Waals surface area contributed by atoms with Gasteiger partial charge in [-0.3, -0.25) is 14.6 Å². The van der Waals surface area contributed by atoms with E-state index in [9.17, 15) is 14.0 Å². The van der Waals surface area contributed by atoms with Crippen molar-refractivity contribution in [1.29, 1.82) is 0 Å². The molecule has 1 unspecified atom stereocenters. The van der Waals surface area contributed by atoms with E-state index in [1.54, 1.807) is 34.6 Å². The maximum Gasteiger partial charge on any atom is 0.270 e. The van der Waals surface area contributed by atoms with Gasteiger partial charge in [-0.05, 0) is 55.5 Å². The van der Waals surface area contributed by atoms with Gasteiger partial charge >= 0.3 is 0 Å². The molecule has 0 aliphatic carbocycles. The van der Waals surface area contributed by atoms with Crippen LogP contribution in [-0.4, -0.2) is 28.5 Å². The van der Waals surface area contributed by atoms with E-state index in [2.05, 4.69) is 5.10 Å². The first-order valence-electron chi connectivity index (χ1n) is 9.69. The van der Waals surface area contributed by atoms with E-state index in [0.29, 0.717) is 18.0 Å². The minimum absolute atomic E-state index is 0.0731. The lowest BCUT2D eigenvalue weighted by Gasteiger charge is -2.20. The number of amides is 2. The standard InChI is InChI=1S/C22H21FN4O3S/c1-14-4-9-18(31-14)13-26(12-17-3-2-10-30-17)22(29)19-11-20(21(24)28)27(25-19)16-7-5-15(23)6-8-16/h2-10,20H,11-13H2,1H3,(H2,24,28). The highest BCUT2D eigenvalue weighted by Crippen LogP contribution is 2.26. The SMILES string of the molecule is Cc1ccc(CN(Cc2ccco2)C(=O)C2=NN(c3ccc(F)cc3)C(C(N)=O)C2)s1. The predicted octanol–water partition coefficient (Wildman–Crippen LogP) is 3.44. The summed E-state index contributed by atoms with van der Waals surface area (Å²) in [6.45, 7) is 2.65. The number of halogens is 1. The number of benzene rings is 1. The third-order valence-corrected chi connectivity index (χ3v) is 5.92. The summed E-state index contributed by atoms with van der Waals surface area (Å²) in [6, 6.07) is 12.3. The maximum absolute atomic E-state index is 13.4. The Labute approximate surface area is 182 Å². The lowest BCUT2D eigenvalue weighted by molar-refractivity contribution is -0.125. The molecule has 1 atom stereocenters. The summed E-state index contributed by atoms with van der Waals surface area (Å²) in [5.74, 6) is -0.683. The number of aryl methyl sites for hydroxylation is 1. The van der Waals surface area contributed by atoms with Crippen LogP contribution in [-0.2, 0) is 22.7 Å². The van der Waals surface area contributed by atoms with Crippen molar-refractivity contribution in [2.24, 2.45) is 10.8 Å². The molecule has 7 nitrogen and oxygen atoms in total. The molecule has 0 saturated carbocycles. The van der Waals surface area contributed by atoms with Crippen LogP contribution in [0.3, 0.4) is 0 Å². The highest BCUT2D eigenvalue weighted by molar-refractivity contribution is 7.11. The number of thiophene rings is 1. The molecule has 2 amide bonds. The fraction of sp³-hybridized carbons (Fsp3) is 0.227. The molecule has 4 rings (SSSR count). The van der Waals surface area contributed by atoms with Crippen LogP contribution < -0.4 is 10.7 Å². The fourth-order valence-electron chi connectivity index (χ4n) is 3.42. The highest BCUT2D eigenvalue weighted by atomic mass is 32.1. The quantitative estimate of drug-likeness (QED) is 0.609. The zero-order valence-corrected chi connectivity index (χ0v) is 17.6. The van der Waals surface area contributed by atoms with E-state index in [1.807, 2.05) is 19.1 Å². The molecule has 0 fully saturated rings. The molecule has 1 aliphatic rings. The molecular formula is C22H21FN4O3S. The van der Waals surface area contributed by atoms with E-state index < -0.39 is 17.8 Å². The van der Waals surface area contributed by atoms with Crippen LogP contribution in [0.15, 0.2) is 64.3 Å². The second kappa shape index (κ2) is 8.73. The van der Waals surface area contributed by atoms with Gasteiger partial charge in [0.15, 0.2) is 0 Å². The number of rotatable bonds is 7. The van der Waals surface area contributed by atoms with Gasteiger partial charge in [-0.2, -0.15) is 5.10 Å². The van der Waals surface area contributed by atoms with Crippen molar-refractivity contribution < 1.29 is 18.4 Å². The van der Waals surface area contributed by atoms with E-state index in [0.717, 1.165) is 9.75 Å². The molecule has 3 aromatic rings. The van der Waals surface area contributed by atoms with Gasteiger partial charge in [0.2, 0.25) is 5.91 Å². The molecule has 0 bridgehead atoms. The monoisotopic (exact) mass is 440 g/mol. The van der Waals surface area contributed by atoms with Gasteiger partial charge in [0.05, 0.1) is 25.0 Å². The van der Waals surface area contributed by atoms with E-state index in [4.69, 9.17) is 10.2 Å². The maximum atomic E-state index is 13.4. The lowest BCUT2D eigenvalue weighted by atomic mass is 10.1. The van der Waals surface area contributed by atoms with Crippen LogP contribution in [0.4, 0.5) is 10.1 Å². The normalized spacial score (nSPS) is 15.7. The van der Waals surface area contributed by atoms with Gasteiger partial charge in [-0.1, -0.05) is 0 Å². The first-order chi connectivity index (χ1) is 14.9. The summed E-state index contributed by atoms with van der Waals surface area (Å²) in [4.78, 5) is 29.2. The topological polar surface area (TPSA) is 92.1 Å². The van der Waals surface area contributed by atoms with E-state index >= 15 is 0 Å². The van der Waals surface area contributed by atoms with Crippen molar-refractivity contribution in [1.82, 2.24) is 4.90 Å². The third kappa shape index (κ3) is 4.66. The average molecular weight is 441 g/mol. The van der Waals surface area contributed by atoms with Crippen molar-refractivity contribution >= 4 is 34.6 Å². The van der Waals surface area contributed by atoms with Crippen molar-refractivity contribution in [3.8, 4) is 0 Å². The lowest BCUT2D eigenvalue weighted by Crippen LogP contribution is -2.40. The first-order valence-corrected chi connectivity index (χ1v) is 10.5. The van der Waals surface area contributed by atoms with Gasteiger partial charge < -0.3 is 15.1 Å². The molecule has 3 heterocycles. The molecule has 1 aliphatic heterocycles. The van der Waals surface area contributed by atoms with Crippen molar-refractivity contribution in [3.63, 3.8) is 0 Å². The Morgan fingerprint density at radius 2 is 2.00 bits per heavy atom. The fourth-order valence-corrected chi connectivity index (χ4v) is 4.33. The summed E-state index contributed by atoms with van der Waals surface area (Å²) < 4.78 is 18.7. The second-order valence-electron chi connectivity index (χ2n) is 7.24. The van der Waals surface area contributed by atoms with Crippen LogP contribution in [0.1, 0.15) is 21.9 Å². The molecule has 0 spiro atoms. The minimum atomic E-state index is -0.821. The number of carbonyl (C=O) groups is 2. The summed E-state index contributed by atoms with van der Waals surface area (Å²) >= 11 is 1.61. The predicted molar refractivity (Wildman–Crippen MR) is 116 cm³/mol. The van der Waals surface area contributed by atoms with Crippen molar-refractivity contribution in [3.05, 3.63) is 76.1 Å². The summed E-state index contributed by atoms with van der Waals surface area (Å²) in [5, 5.41) is 5.78. The molecule has 160 valence electrons. The molecule has 1 aromatic carbocycles.